The lowest BCUT2D eigenvalue weighted by atomic mass is 10.0. The van der Waals surface area contributed by atoms with E-state index in [1.54, 1.807) is 11.1 Å². The zero-order valence-corrected chi connectivity index (χ0v) is 8.55. The van der Waals surface area contributed by atoms with Crippen molar-refractivity contribution < 1.29 is 0 Å². The van der Waals surface area contributed by atoms with Gasteiger partial charge in [0, 0.05) is 6.42 Å². The van der Waals surface area contributed by atoms with Crippen LogP contribution in [0.15, 0.2) is 18.2 Å². The maximum absolute atomic E-state index is 5.23. The second-order valence-corrected chi connectivity index (χ2v) is 4.01. The molecule has 0 heterocycles. The van der Waals surface area contributed by atoms with Crippen molar-refractivity contribution in [2.45, 2.75) is 38.5 Å². The van der Waals surface area contributed by atoms with Gasteiger partial charge >= 0.3 is 0 Å². The number of benzene rings is 1. The highest BCUT2D eigenvalue weighted by molar-refractivity contribution is 5.35. The summed E-state index contributed by atoms with van der Waals surface area (Å²) in [6.45, 7) is 0. The van der Waals surface area contributed by atoms with Gasteiger partial charge in [-0.05, 0) is 48.8 Å². The standard InChI is InChI=1S/C14H16/c1-2-3-4-6-12-9-10-13-7-5-8-14(13)11-12/h1,9-11H,3-8H2. The van der Waals surface area contributed by atoms with Crippen molar-refractivity contribution in [1.29, 1.82) is 0 Å². The average Bonchev–Trinajstić information content (AvgIpc) is 2.65. The molecule has 0 N–H and O–H groups in total. The second-order valence-electron chi connectivity index (χ2n) is 4.01. The molecule has 1 aliphatic rings. The molecule has 2 rings (SSSR count). The van der Waals surface area contributed by atoms with Crippen LogP contribution >= 0.6 is 0 Å². The number of rotatable bonds is 3. The highest BCUT2D eigenvalue weighted by atomic mass is 14.1. The topological polar surface area (TPSA) is 0 Å². The van der Waals surface area contributed by atoms with Crippen LogP contribution in [-0.2, 0) is 19.3 Å². The van der Waals surface area contributed by atoms with Gasteiger partial charge in [-0.15, -0.1) is 12.3 Å². The third-order valence-corrected chi connectivity index (χ3v) is 2.95. The zero-order chi connectivity index (χ0) is 9.80. The highest BCUT2D eigenvalue weighted by Gasteiger charge is 2.10. The monoisotopic (exact) mass is 184 g/mol. The maximum atomic E-state index is 5.23. The van der Waals surface area contributed by atoms with E-state index in [1.807, 2.05) is 0 Å². The van der Waals surface area contributed by atoms with E-state index in [0.29, 0.717) is 0 Å². The second kappa shape index (κ2) is 4.33. The SMILES string of the molecule is C#CCCCc1ccc2c(c1)CCC2. The van der Waals surface area contributed by atoms with Crippen LogP contribution in [0.4, 0.5) is 0 Å². The Hall–Kier alpha value is -1.22. The van der Waals surface area contributed by atoms with E-state index >= 15 is 0 Å². The Labute approximate surface area is 86.3 Å². The Kier molecular flexibility index (Phi) is 2.89. The van der Waals surface area contributed by atoms with Gasteiger partial charge in [-0.3, -0.25) is 0 Å². The van der Waals surface area contributed by atoms with E-state index in [9.17, 15) is 0 Å². The number of hydrogen-bond donors (Lipinski definition) is 0. The van der Waals surface area contributed by atoms with Crippen LogP contribution in [0.25, 0.3) is 0 Å². The normalized spacial score (nSPS) is 13.6. The minimum atomic E-state index is 0.900. The molecule has 0 unspecified atom stereocenters. The first-order chi connectivity index (χ1) is 6.90. The molecule has 0 fully saturated rings. The minimum absolute atomic E-state index is 0.900. The van der Waals surface area contributed by atoms with Gasteiger partial charge < -0.3 is 0 Å². The largest absolute Gasteiger partial charge is 0.120 e. The molecular formula is C14H16. The van der Waals surface area contributed by atoms with E-state index in [0.717, 1.165) is 19.3 Å². The molecule has 0 atom stereocenters. The molecule has 0 amide bonds. The van der Waals surface area contributed by atoms with Gasteiger partial charge in [0.15, 0.2) is 0 Å². The van der Waals surface area contributed by atoms with Crippen molar-refractivity contribution in [2.24, 2.45) is 0 Å². The number of unbranched alkanes of at least 4 members (excludes halogenated alkanes) is 1. The van der Waals surface area contributed by atoms with Gasteiger partial charge in [0.2, 0.25) is 0 Å². The molecule has 0 aliphatic heterocycles. The Morgan fingerprint density at radius 3 is 2.93 bits per heavy atom. The summed E-state index contributed by atoms with van der Waals surface area (Å²) in [5, 5.41) is 0. The summed E-state index contributed by atoms with van der Waals surface area (Å²) < 4.78 is 0. The molecule has 1 aromatic carbocycles. The first-order valence-corrected chi connectivity index (χ1v) is 5.44. The smallest absolute Gasteiger partial charge is 0.00892 e. The van der Waals surface area contributed by atoms with Crippen molar-refractivity contribution in [2.75, 3.05) is 0 Å². The lowest BCUT2D eigenvalue weighted by Crippen LogP contribution is -1.88. The van der Waals surface area contributed by atoms with Gasteiger partial charge in [-0.1, -0.05) is 18.2 Å². The first kappa shape index (κ1) is 9.34. The van der Waals surface area contributed by atoms with Gasteiger partial charge in [0.1, 0.15) is 0 Å². The molecule has 0 saturated carbocycles. The predicted octanol–water partition coefficient (Wildman–Crippen LogP) is 3.13. The number of aryl methyl sites for hydroxylation is 3. The van der Waals surface area contributed by atoms with Gasteiger partial charge in [0.05, 0.1) is 0 Å². The van der Waals surface area contributed by atoms with E-state index in [1.165, 1.54) is 24.8 Å². The Bertz CT molecular complexity index is 355. The van der Waals surface area contributed by atoms with Crippen LogP contribution in [-0.4, -0.2) is 0 Å². The Morgan fingerprint density at radius 1 is 1.21 bits per heavy atom. The molecule has 0 aromatic heterocycles. The predicted molar refractivity (Wildman–Crippen MR) is 60.2 cm³/mol. The van der Waals surface area contributed by atoms with Gasteiger partial charge in [0.25, 0.3) is 0 Å². The third-order valence-electron chi connectivity index (χ3n) is 2.95. The van der Waals surface area contributed by atoms with Crippen LogP contribution in [0.3, 0.4) is 0 Å². The molecule has 72 valence electrons. The lowest BCUT2D eigenvalue weighted by Gasteiger charge is -2.03. The quantitative estimate of drug-likeness (QED) is 0.500. The van der Waals surface area contributed by atoms with Crippen molar-refractivity contribution in [3.8, 4) is 12.3 Å². The van der Waals surface area contributed by atoms with Crippen LogP contribution in [0.5, 0.6) is 0 Å². The molecular weight excluding hydrogens is 168 g/mol. The number of fused-ring (bicyclic) bond motifs is 1. The zero-order valence-electron chi connectivity index (χ0n) is 8.55. The van der Waals surface area contributed by atoms with Crippen molar-refractivity contribution >= 4 is 0 Å². The highest BCUT2D eigenvalue weighted by Crippen LogP contribution is 2.23. The summed E-state index contributed by atoms with van der Waals surface area (Å²) in [6, 6.07) is 6.94. The first-order valence-electron chi connectivity index (χ1n) is 5.44. The molecule has 14 heavy (non-hydrogen) atoms. The average molecular weight is 184 g/mol. The number of terminal acetylenes is 1. The summed E-state index contributed by atoms with van der Waals surface area (Å²) in [7, 11) is 0. The molecule has 0 heteroatoms. The van der Waals surface area contributed by atoms with E-state index in [2.05, 4.69) is 24.1 Å². The third kappa shape index (κ3) is 1.99. The number of hydrogen-bond acceptors (Lipinski definition) is 0. The molecule has 0 radical (unpaired) electrons. The summed E-state index contributed by atoms with van der Waals surface area (Å²) in [5.41, 5.74) is 4.59. The van der Waals surface area contributed by atoms with E-state index in [-0.39, 0.29) is 0 Å². The van der Waals surface area contributed by atoms with Crippen molar-refractivity contribution in [3.05, 3.63) is 34.9 Å². The van der Waals surface area contributed by atoms with Crippen molar-refractivity contribution in [3.63, 3.8) is 0 Å². The van der Waals surface area contributed by atoms with Gasteiger partial charge in [-0.25, -0.2) is 0 Å². The summed E-state index contributed by atoms with van der Waals surface area (Å²) >= 11 is 0. The fraction of sp³-hybridized carbons (Fsp3) is 0.429. The maximum Gasteiger partial charge on any atom is 0.00892 e. The van der Waals surface area contributed by atoms with Crippen LogP contribution in [0, 0.1) is 12.3 Å². The van der Waals surface area contributed by atoms with Crippen molar-refractivity contribution in [1.82, 2.24) is 0 Å². The van der Waals surface area contributed by atoms with E-state index in [4.69, 9.17) is 6.42 Å². The molecule has 0 nitrogen and oxygen atoms in total. The lowest BCUT2D eigenvalue weighted by molar-refractivity contribution is 0.856. The molecule has 0 bridgehead atoms. The van der Waals surface area contributed by atoms with Crippen LogP contribution in [0.2, 0.25) is 0 Å². The fourth-order valence-corrected chi connectivity index (χ4v) is 2.18. The van der Waals surface area contributed by atoms with Crippen LogP contribution in [0.1, 0.15) is 36.0 Å². The molecule has 1 aliphatic carbocycles. The summed E-state index contributed by atoms with van der Waals surface area (Å²) in [5.74, 6) is 2.69. The molecule has 0 saturated heterocycles. The van der Waals surface area contributed by atoms with Gasteiger partial charge in [-0.2, -0.15) is 0 Å². The van der Waals surface area contributed by atoms with Crippen LogP contribution < -0.4 is 0 Å². The fourth-order valence-electron chi connectivity index (χ4n) is 2.18. The Morgan fingerprint density at radius 2 is 2.07 bits per heavy atom. The Balaban J connectivity index is 2.02. The summed E-state index contributed by atoms with van der Waals surface area (Å²) in [6.07, 6.45) is 12.3. The minimum Gasteiger partial charge on any atom is -0.120 e. The molecule has 0 spiro atoms. The van der Waals surface area contributed by atoms with E-state index < -0.39 is 0 Å². The molecule has 1 aromatic rings. The summed E-state index contributed by atoms with van der Waals surface area (Å²) in [4.78, 5) is 0.